The Balaban J connectivity index is 2.04. The zero-order valence-corrected chi connectivity index (χ0v) is 19.3. The average Bonchev–Trinajstić information content (AvgIpc) is 2.83. The molecule has 3 rings (SSSR count). The number of primary amides is 1. The van der Waals surface area contributed by atoms with E-state index in [0.717, 1.165) is 4.57 Å². The van der Waals surface area contributed by atoms with E-state index in [1.54, 1.807) is 48.5 Å². The Morgan fingerprint density at radius 2 is 1.61 bits per heavy atom. The van der Waals surface area contributed by atoms with Gasteiger partial charge in [-0.15, -0.1) is 0 Å². The van der Waals surface area contributed by atoms with Gasteiger partial charge in [0.1, 0.15) is 18.1 Å². The fourth-order valence-corrected chi connectivity index (χ4v) is 3.65. The SMILES string of the molecule is C[C@@H](NC(=O)[C@H](CC(N)=O)NC(=O)[C@H](Cc1ccccc1)n1c(=O)[nH]c2ccccc2c1=O)C(=O)O. The van der Waals surface area contributed by atoms with E-state index in [2.05, 4.69) is 15.6 Å². The second kappa shape index (κ2) is 11.1. The van der Waals surface area contributed by atoms with Crippen molar-refractivity contribution < 1.29 is 24.3 Å². The van der Waals surface area contributed by atoms with Crippen LogP contribution in [0.4, 0.5) is 0 Å². The predicted molar refractivity (Wildman–Crippen MR) is 129 cm³/mol. The maximum Gasteiger partial charge on any atom is 0.329 e. The Morgan fingerprint density at radius 1 is 0.972 bits per heavy atom. The third-order valence-electron chi connectivity index (χ3n) is 5.49. The number of carboxylic acids is 1. The molecule has 12 heteroatoms. The van der Waals surface area contributed by atoms with Gasteiger partial charge in [0.15, 0.2) is 0 Å². The largest absolute Gasteiger partial charge is 0.480 e. The topological polar surface area (TPSA) is 193 Å². The summed E-state index contributed by atoms with van der Waals surface area (Å²) in [7, 11) is 0. The first-order valence-electron chi connectivity index (χ1n) is 11.0. The highest BCUT2D eigenvalue weighted by Crippen LogP contribution is 2.14. The van der Waals surface area contributed by atoms with Crippen LogP contribution in [0.25, 0.3) is 10.9 Å². The molecule has 0 saturated heterocycles. The van der Waals surface area contributed by atoms with Crippen LogP contribution < -0.4 is 27.6 Å². The van der Waals surface area contributed by atoms with Crippen LogP contribution >= 0.6 is 0 Å². The first-order chi connectivity index (χ1) is 17.1. The second-order valence-electron chi connectivity index (χ2n) is 8.16. The molecule has 3 aromatic rings. The second-order valence-corrected chi connectivity index (χ2v) is 8.16. The lowest BCUT2D eigenvalue weighted by Gasteiger charge is -2.23. The van der Waals surface area contributed by atoms with Crippen LogP contribution in [0.15, 0.2) is 64.2 Å². The van der Waals surface area contributed by atoms with E-state index in [0.29, 0.717) is 5.56 Å². The van der Waals surface area contributed by atoms with Crippen LogP contribution in [-0.2, 0) is 25.6 Å². The monoisotopic (exact) mass is 495 g/mol. The Kier molecular flexibility index (Phi) is 8.00. The van der Waals surface area contributed by atoms with E-state index in [1.807, 2.05) is 0 Å². The van der Waals surface area contributed by atoms with Gasteiger partial charge in [0.25, 0.3) is 5.56 Å². The lowest BCUT2D eigenvalue weighted by molar-refractivity contribution is -0.141. The zero-order chi connectivity index (χ0) is 26.4. The molecule has 36 heavy (non-hydrogen) atoms. The number of aromatic nitrogens is 2. The molecule has 0 spiro atoms. The van der Waals surface area contributed by atoms with Gasteiger partial charge in [-0.2, -0.15) is 0 Å². The normalized spacial score (nSPS) is 13.4. The number of amides is 3. The van der Waals surface area contributed by atoms with E-state index in [1.165, 1.54) is 13.0 Å². The molecule has 2 aromatic carbocycles. The molecule has 188 valence electrons. The fourth-order valence-electron chi connectivity index (χ4n) is 3.65. The van der Waals surface area contributed by atoms with Crippen LogP contribution in [0.3, 0.4) is 0 Å². The predicted octanol–water partition coefficient (Wildman–Crippen LogP) is -0.577. The minimum atomic E-state index is -1.54. The van der Waals surface area contributed by atoms with E-state index in [4.69, 9.17) is 10.8 Å². The number of aliphatic carboxylic acids is 1. The standard InChI is InChI=1S/C24H25N5O7/c1-13(23(34)35)26-20(31)17(12-19(25)30)27-21(32)18(11-14-7-3-2-4-8-14)29-22(33)15-9-5-6-10-16(15)28-24(29)36/h2-10,13,17-18H,11-12H2,1H3,(H2,25,30)(H,26,31)(H,27,32)(H,28,36)(H,34,35)/t13-,17+,18+/m1/s1. The Bertz CT molecular complexity index is 1410. The van der Waals surface area contributed by atoms with Crippen LogP contribution in [0.5, 0.6) is 0 Å². The summed E-state index contributed by atoms with van der Waals surface area (Å²) in [5.41, 5.74) is 4.56. The molecule has 3 atom stereocenters. The van der Waals surface area contributed by atoms with Crippen molar-refractivity contribution in [1.82, 2.24) is 20.2 Å². The van der Waals surface area contributed by atoms with E-state index < -0.39 is 59.5 Å². The van der Waals surface area contributed by atoms with Gasteiger partial charge in [-0.25, -0.2) is 9.36 Å². The summed E-state index contributed by atoms with van der Waals surface area (Å²) >= 11 is 0. The number of para-hydroxylation sites is 1. The number of hydrogen-bond donors (Lipinski definition) is 5. The zero-order valence-electron chi connectivity index (χ0n) is 19.3. The molecule has 1 heterocycles. The maximum absolute atomic E-state index is 13.4. The number of nitrogens with two attached hydrogens (primary N) is 1. The van der Waals surface area contributed by atoms with Crippen molar-refractivity contribution in [2.75, 3.05) is 0 Å². The van der Waals surface area contributed by atoms with Gasteiger partial charge in [-0.1, -0.05) is 42.5 Å². The molecule has 0 radical (unpaired) electrons. The van der Waals surface area contributed by atoms with Crippen molar-refractivity contribution in [3.8, 4) is 0 Å². The number of carbonyl (C=O) groups excluding carboxylic acids is 3. The summed E-state index contributed by atoms with van der Waals surface area (Å²) < 4.78 is 0.754. The number of fused-ring (bicyclic) bond motifs is 1. The van der Waals surface area contributed by atoms with Crippen LogP contribution in [0.2, 0.25) is 0 Å². The van der Waals surface area contributed by atoms with Crippen molar-refractivity contribution in [3.63, 3.8) is 0 Å². The van der Waals surface area contributed by atoms with Gasteiger partial charge in [0, 0.05) is 6.42 Å². The molecule has 0 aliphatic rings. The highest BCUT2D eigenvalue weighted by Gasteiger charge is 2.31. The summed E-state index contributed by atoms with van der Waals surface area (Å²) in [6.07, 6.45) is -0.727. The summed E-state index contributed by atoms with van der Waals surface area (Å²) in [6, 6.07) is 10.6. The molecule has 0 bridgehead atoms. The molecule has 6 N–H and O–H groups in total. The number of nitrogens with zero attached hydrogens (tertiary/aromatic N) is 1. The quantitative estimate of drug-likeness (QED) is 0.248. The molecule has 3 amide bonds. The number of nitrogens with one attached hydrogen (secondary N) is 3. The molecular weight excluding hydrogens is 470 g/mol. The number of benzene rings is 2. The minimum Gasteiger partial charge on any atom is -0.480 e. The summed E-state index contributed by atoms with van der Waals surface area (Å²) in [4.78, 5) is 77.5. The van der Waals surface area contributed by atoms with Gasteiger partial charge >= 0.3 is 11.7 Å². The first kappa shape index (κ1) is 25.9. The highest BCUT2D eigenvalue weighted by molar-refractivity contribution is 5.94. The number of H-pyrrole nitrogens is 1. The van der Waals surface area contributed by atoms with Gasteiger partial charge in [-0.05, 0) is 24.6 Å². The summed E-state index contributed by atoms with van der Waals surface area (Å²) in [6.45, 7) is 1.20. The molecule has 12 nitrogen and oxygen atoms in total. The highest BCUT2D eigenvalue weighted by atomic mass is 16.4. The van der Waals surface area contributed by atoms with Crippen LogP contribution in [0.1, 0.15) is 24.9 Å². The smallest absolute Gasteiger partial charge is 0.329 e. The molecule has 1 aromatic heterocycles. The number of aromatic amines is 1. The van der Waals surface area contributed by atoms with E-state index in [-0.39, 0.29) is 17.3 Å². The number of carboxylic acid groups (broad SMARTS) is 1. The molecule has 0 aliphatic carbocycles. The maximum atomic E-state index is 13.4. The van der Waals surface area contributed by atoms with E-state index >= 15 is 0 Å². The van der Waals surface area contributed by atoms with Crippen LogP contribution in [0, 0.1) is 0 Å². The summed E-state index contributed by atoms with van der Waals surface area (Å²) in [5.74, 6) is -4.14. The minimum absolute atomic E-state index is 0.0928. The third kappa shape index (κ3) is 6.03. The molecule has 0 fully saturated rings. The van der Waals surface area contributed by atoms with Gasteiger partial charge < -0.3 is 26.5 Å². The van der Waals surface area contributed by atoms with Gasteiger partial charge in [0.05, 0.1) is 17.3 Å². The van der Waals surface area contributed by atoms with Gasteiger partial charge in [0.2, 0.25) is 17.7 Å². The average molecular weight is 495 g/mol. The number of carbonyl (C=O) groups is 4. The number of rotatable bonds is 10. The lowest BCUT2D eigenvalue weighted by atomic mass is 10.0. The van der Waals surface area contributed by atoms with E-state index in [9.17, 15) is 28.8 Å². The summed E-state index contributed by atoms with van der Waals surface area (Å²) in [5, 5.41) is 13.8. The van der Waals surface area contributed by atoms with Gasteiger partial charge in [-0.3, -0.25) is 24.0 Å². The lowest BCUT2D eigenvalue weighted by Crippen LogP contribution is -2.54. The number of hydrogen-bond acceptors (Lipinski definition) is 6. The molecule has 0 unspecified atom stereocenters. The molecule has 0 saturated carbocycles. The first-order valence-corrected chi connectivity index (χ1v) is 11.0. The van der Waals surface area contributed by atoms with Crippen molar-refractivity contribution in [2.24, 2.45) is 5.73 Å². The third-order valence-corrected chi connectivity index (χ3v) is 5.49. The Labute approximate surface area is 204 Å². The van der Waals surface area contributed by atoms with Crippen molar-refractivity contribution >= 4 is 34.6 Å². The fraction of sp³-hybridized carbons (Fsp3) is 0.250. The molecular formula is C24H25N5O7. The Hall–Kier alpha value is -4.74. The Morgan fingerprint density at radius 3 is 2.25 bits per heavy atom. The van der Waals surface area contributed by atoms with Crippen molar-refractivity contribution in [2.45, 2.75) is 37.9 Å². The van der Waals surface area contributed by atoms with Crippen molar-refractivity contribution in [1.29, 1.82) is 0 Å². The molecule has 0 aliphatic heterocycles. The van der Waals surface area contributed by atoms with Crippen LogP contribution in [-0.4, -0.2) is 50.4 Å². The van der Waals surface area contributed by atoms with Crippen molar-refractivity contribution in [3.05, 3.63) is 81.0 Å².